The first kappa shape index (κ1) is 18.5. The predicted molar refractivity (Wildman–Crippen MR) is 120 cm³/mol. The fraction of sp³-hybridized carbons (Fsp3) is 0.0385. The van der Waals surface area contributed by atoms with E-state index in [9.17, 15) is 4.79 Å². The van der Waals surface area contributed by atoms with Gasteiger partial charge in [-0.05, 0) is 52.2 Å². The zero-order chi connectivity index (χ0) is 20.1. The summed E-state index contributed by atoms with van der Waals surface area (Å²) in [5.74, 6) is 0.631. The summed E-state index contributed by atoms with van der Waals surface area (Å²) in [6.45, 7) is 0. The summed E-state index contributed by atoms with van der Waals surface area (Å²) < 4.78 is 5.22. The van der Waals surface area contributed by atoms with E-state index in [0.717, 1.165) is 33.3 Å². The van der Waals surface area contributed by atoms with Gasteiger partial charge in [0, 0.05) is 11.3 Å². The van der Waals surface area contributed by atoms with Gasteiger partial charge in [0.2, 0.25) is 0 Å². The molecule has 142 valence electrons. The molecular formula is C26H21NO2. The molecule has 4 aromatic carbocycles. The SMILES string of the molecule is COc1ccc(/C=C(\C(=O)Nc2ccc3ccccc3c2)c2ccccc2)cc1. The molecule has 1 amide bonds. The Bertz CT molecular complexity index is 1160. The van der Waals surface area contributed by atoms with E-state index < -0.39 is 0 Å². The lowest BCUT2D eigenvalue weighted by Gasteiger charge is -2.11. The van der Waals surface area contributed by atoms with Crippen molar-refractivity contribution in [1.82, 2.24) is 0 Å². The first-order chi connectivity index (χ1) is 14.2. The number of fused-ring (bicyclic) bond motifs is 1. The molecule has 29 heavy (non-hydrogen) atoms. The number of anilines is 1. The first-order valence-corrected chi connectivity index (χ1v) is 9.44. The molecule has 4 rings (SSSR count). The molecule has 4 aromatic rings. The van der Waals surface area contributed by atoms with Gasteiger partial charge in [-0.25, -0.2) is 0 Å². The average Bonchev–Trinajstić information content (AvgIpc) is 2.78. The predicted octanol–water partition coefficient (Wildman–Crippen LogP) is 6.03. The van der Waals surface area contributed by atoms with Crippen LogP contribution in [-0.2, 0) is 4.79 Å². The van der Waals surface area contributed by atoms with Crippen molar-refractivity contribution < 1.29 is 9.53 Å². The van der Waals surface area contributed by atoms with Gasteiger partial charge in [-0.1, -0.05) is 72.8 Å². The van der Waals surface area contributed by atoms with Gasteiger partial charge < -0.3 is 10.1 Å². The molecule has 0 bridgehead atoms. The molecule has 0 aliphatic carbocycles. The lowest BCUT2D eigenvalue weighted by molar-refractivity contribution is -0.111. The van der Waals surface area contributed by atoms with Crippen LogP contribution in [0.2, 0.25) is 0 Å². The minimum atomic E-state index is -0.151. The van der Waals surface area contributed by atoms with Gasteiger partial charge in [0.15, 0.2) is 0 Å². The van der Waals surface area contributed by atoms with Crippen molar-refractivity contribution in [2.45, 2.75) is 0 Å². The third-order valence-corrected chi connectivity index (χ3v) is 4.76. The van der Waals surface area contributed by atoms with Crippen LogP contribution in [0.15, 0.2) is 97.1 Å². The number of nitrogens with one attached hydrogen (secondary N) is 1. The number of carbonyl (C=O) groups excluding carboxylic acids is 1. The summed E-state index contributed by atoms with van der Waals surface area (Å²) in [6, 6.07) is 31.3. The van der Waals surface area contributed by atoms with Crippen LogP contribution in [0.5, 0.6) is 5.75 Å². The molecule has 1 N–H and O–H groups in total. The first-order valence-electron chi connectivity index (χ1n) is 9.44. The van der Waals surface area contributed by atoms with Gasteiger partial charge in [0.1, 0.15) is 5.75 Å². The second-order valence-corrected chi connectivity index (χ2v) is 6.71. The number of methoxy groups -OCH3 is 1. The highest BCUT2D eigenvalue weighted by atomic mass is 16.5. The Labute approximate surface area is 170 Å². The Kier molecular flexibility index (Phi) is 5.39. The van der Waals surface area contributed by atoms with Crippen molar-refractivity contribution in [1.29, 1.82) is 0 Å². The van der Waals surface area contributed by atoms with Crippen LogP contribution in [0.1, 0.15) is 11.1 Å². The monoisotopic (exact) mass is 379 g/mol. The molecule has 0 saturated heterocycles. The Balaban J connectivity index is 1.67. The molecule has 0 fully saturated rings. The van der Waals surface area contributed by atoms with Crippen molar-refractivity contribution >= 4 is 34.0 Å². The van der Waals surface area contributed by atoms with Crippen molar-refractivity contribution in [3.63, 3.8) is 0 Å². The minimum absolute atomic E-state index is 0.151. The zero-order valence-corrected chi connectivity index (χ0v) is 16.1. The highest BCUT2D eigenvalue weighted by molar-refractivity contribution is 6.29. The summed E-state index contributed by atoms with van der Waals surface area (Å²) >= 11 is 0. The van der Waals surface area contributed by atoms with Crippen LogP contribution in [0.25, 0.3) is 22.4 Å². The van der Waals surface area contributed by atoms with Crippen molar-refractivity contribution in [2.24, 2.45) is 0 Å². The Morgan fingerprint density at radius 3 is 2.21 bits per heavy atom. The zero-order valence-electron chi connectivity index (χ0n) is 16.1. The van der Waals surface area contributed by atoms with Gasteiger partial charge >= 0.3 is 0 Å². The second-order valence-electron chi connectivity index (χ2n) is 6.71. The third kappa shape index (κ3) is 4.36. The van der Waals surface area contributed by atoms with Crippen LogP contribution in [0, 0.1) is 0 Å². The van der Waals surface area contributed by atoms with Crippen LogP contribution in [0.3, 0.4) is 0 Å². The number of hydrogen-bond acceptors (Lipinski definition) is 2. The molecule has 0 aliphatic heterocycles. The van der Waals surface area contributed by atoms with Crippen LogP contribution in [-0.4, -0.2) is 13.0 Å². The standard InChI is InChI=1S/C26H21NO2/c1-29-24-15-11-19(12-16-24)17-25(21-8-3-2-4-9-21)26(28)27-23-14-13-20-7-5-6-10-22(20)18-23/h2-18H,1H3,(H,27,28)/b25-17-. The van der Waals surface area contributed by atoms with E-state index in [0.29, 0.717) is 5.57 Å². The lowest BCUT2D eigenvalue weighted by atomic mass is 10.0. The van der Waals surface area contributed by atoms with E-state index in [1.807, 2.05) is 97.1 Å². The molecular weight excluding hydrogens is 358 g/mol. The van der Waals surface area contributed by atoms with Crippen LogP contribution < -0.4 is 10.1 Å². The Morgan fingerprint density at radius 1 is 0.793 bits per heavy atom. The lowest BCUT2D eigenvalue weighted by Crippen LogP contribution is -2.13. The number of rotatable bonds is 5. The number of carbonyl (C=O) groups is 1. The molecule has 0 heterocycles. The van der Waals surface area contributed by atoms with E-state index >= 15 is 0 Å². The fourth-order valence-corrected chi connectivity index (χ4v) is 3.23. The van der Waals surface area contributed by atoms with Gasteiger partial charge in [-0.3, -0.25) is 4.79 Å². The molecule has 0 aliphatic rings. The molecule has 3 heteroatoms. The van der Waals surface area contributed by atoms with Crippen molar-refractivity contribution in [3.8, 4) is 5.75 Å². The second kappa shape index (κ2) is 8.44. The number of ether oxygens (including phenoxy) is 1. The average molecular weight is 379 g/mol. The number of benzene rings is 4. The highest BCUT2D eigenvalue weighted by Gasteiger charge is 2.13. The van der Waals surface area contributed by atoms with E-state index in [4.69, 9.17) is 4.74 Å². The van der Waals surface area contributed by atoms with E-state index in [1.165, 1.54) is 0 Å². The summed E-state index contributed by atoms with van der Waals surface area (Å²) in [7, 11) is 1.64. The van der Waals surface area contributed by atoms with E-state index in [1.54, 1.807) is 7.11 Å². The quantitative estimate of drug-likeness (QED) is 0.340. The molecule has 0 spiro atoms. The van der Waals surface area contributed by atoms with E-state index in [-0.39, 0.29) is 5.91 Å². The normalized spacial score (nSPS) is 11.3. The summed E-state index contributed by atoms with van der Waals surface area (Å²) in [4.78, 5) is 13.2. The Morgan fingerprint density at radius 2 is 1.48 bits per heavy atom. The molecule has 3 nitrogen and oxygen atoms in total. The van der Waals surface area contributed by atoms with Gasteiger partial charge in [0.25, 0.3) is 5.91 Å². The largest absolute Gasteiger partial charge is 0.497 e. The van der Waals surface area contributed by atoms with Gasteiger partial charge in [-0.2, -0.15) is 0 Å². The van der Waals surface area contributed by atoms with Crippen LogP contribution in [0.4, 0.5) is 5.69 Å². The summed E-state index contributed by atoms with van der Waals surface area (Å²) in [5.41, 5.74) is 3.16. The van der Waals surface area contributed by atoms with E-state index in [2.05, 4.69) is 11.4 Å². The molecule has 0 atom stereocenters. The maximum atomic E-state index is 13.2. The summed E-state index contributed by atoms with van der Waals surface area (Å²) in [6.07, 6.45) is 1.89. The Hall–Kier alpha value is -3.85. The van der Waals surface area contributed by atoms with Crippen molar-refractivity contribution in [2.75, 3.05) is 12.4 Å². The molecule has 0 radical (unpaired) electrons. The number of amides is 1. The number of hydrogen-bond donors (Lipinski definition) is 1. The smallest absolute Gasteiger partial charge is 0.256 e. The molecule has 0 aromatic heterocycles. The van der Waals surface area contributed by atoms with Crippen molar-refractivity contribution in [3.05, 3.63) is 108 Å². The maximum absolute atomic E-state index is 13.2. The molecule has 0 saturated carbocycles. The maximum Gasteiger partial charge on any atom is 0.256 e. The fourth-order valence-electron chi connectivity index (χ4n) is 3.23. The topological polar surface area (TPSA) is 38.3 Å². The molecule has 0 unspecified atom stereocenters. The van der Waals surface area contributed by atoms with Gasteiger partial charge in [0.05, 0.1) is 7.11 Å². The third-order valence-electron chi connectivity index (χ3n) is 4.76. The highest BCUT2D eigenvalue weighted by Crippen LogP contribution is 2.24. The van der Waals surface area contributed by atoms with Crippen LogP contribution >= 0.6 is 0 Å². The summed E-state index contributed by atoms with van der Waals surface area (Å²) in [5, 5.41) is 5.27. The van der Waals surface area contributed by atoms with Gasteiger partial charge in [-0.15, -0.1) is 0 Å². The minimum Gasteiger partial charge on any atom is -0.497 e.